The molecule has 2 aromatic rings. The highest BCUT2D eigenvalue weighted by molar-refractivity contribution is 14.1. The van der Waals surface area contributed by atoms with Crippen LogP contribution in [0.2, 0.25) is 0 Å². The molecule has 0 atom stereocenters. The summed E-state index contributed by atoms with van der Waals surface area (Å²) in [6.07, 6.45) is 0. The summed E-state index contributed by atoms with van der Waals surface area (Å²) in [5.74, 6) is -1.31. The first kappa shape index (κ1) is 10.9. The van der Waals surface area contributed by atoms with E-state index in [1.807, 2.05) is 0 Å². The first-order chi connectivity index (χ1) is 7.63. The molecule has 0 fully saturated rings. The van der Waals surface area contributed by atoms with Crippen molar-refractivity contribution in [3.63, 3.8) is 0 Å². The van der Waals surface area contributed by atoms with Gasteiger partial charge in [0.25, 0.3) is 0 Å². The summed E-state index contributed by atoms with van der Waals surface area (Å²) in [4.78, 5) is 22.4. The lowest BCUT2D eigenvalue weighted by Crippen LogP contribution is -2.06. The van der Waals surface area contributed by atoms with Crippen LogP contribution in [0.1, 0.15) is 10.6 Å². The minimum Gasteiger partial charge on any atom is -0.475 e. The van der Waals surface area contributed by atoms with E-state index < -0.39 is 11.4 Å². The minimum atomic E-state index is -1.28. The molecule has 82 valence electrons. The molecule has 6 heteroatoms. The summed E-state index contributed by atoms with van der Waals surface area (Å²) in [5, 5.41) is 8.97. The van der Waals surface area contributed by atoms with Crippen LogP contribution in [0, 0.1) is 0 Å². The van der Waals surface area contributed by atoms with Crippen molar-refractivity contribution in [2.45, 2.75) is 0 Å². The molecule has 0 amide bonds. The van der Waals surface area contributed by atoms with Crippen molar-refractivity contribution in [3.8, 4) is 5.75 Å². The van der Waals surface area contributed by atoms with Gasteiger partial charge in [0.05, 0.1) is 0 Å². The molecule has 1 N–H and O–H groups in total. The predicted molar refractivity (Wildman–Crippen MR) is 64.1 cm³/mol. The van der Waals surface area contributed by atoms with Gasteiger partial charge in [-0.15, -0.1) is 0 Å². The monoisotopic (exact) mass is 332 g/mol. The zero-order valence-corrected chi connectivity index (χ0v) is 9.93. The summed E-state index contributed by atoms with van der Waals surface area (Å²) < 4.78 is 10.0. The molecule has 0 unspecified atom stereocenters. The average molecular weight is 332 g/mol. The van der Waals surface area contributed by atoms with Crippen LogP contribution >= 0.6 is 23.0 Å². The molecule has 0 aliphatic carbocycles. The Morgan fingerprint density at radius 2 is 2.19 bits per heavy atom. The molecule has 0 radical (unpaired) electrons. The van der Waals surface area contributed by atoms with E-state index >= 15 is 0 Å². The fourth-order valence-electron chi connectivity index (χ4n) is 1.35. The molecular weight excluding hydrogens is 327 g/mol. The molecule has 0 aliphatic heterocycles. The van der Waals surface area contributed by atoms with Gasteiger partial charge in [-0.3, -0.25) is 4.79 Å². The van der Waals surface area contributed by atoms with Crippen LogP contribution in [-0.4, -0.2) is 11.1 Å². The molecule has 0 bridgehead atoms. The van der Waals surface area contributed by atoms with E-state index in [1.165, 1.54) is 6.07 Å². The zero-order valence-electron chi connectivity index (χ0n) is 7.77. The lowest BCUT2D eigenvalue weighted by atomic mass is 10.2. The number of halogens is 1. The zero-order chi connectivity index (χ0) is 11.7. The summed E-state index contributed by atoms with van der Waals surface area (Å²) in [7, 11) is 0. The number of aromatic carboxylic acids is 1. The van der Waals surface area contributed by atoms with E-state index in [0.29, 0.717) is 5.75 Å². The van der Waals surface area contributed by atoms with E-state index in [-0.39, 0.29) is 16.7 Å². The maximum Gasteiger partial charge on any atom is 0.371 e. The normalized spacial score (nSPS) is 10.3. The molecule has 0 saturated heterocycles. The van der Waals surface area contributed by atoms with Crippen molar-refractivity contribution >= 4 is 39.9 Å². The highest BCUT2D eigenvalue weighted by atomic mass is 127. The molecule has 1 aromatic carbocycles. The van der Waals surface area contributed by atoms with Crippen molar-refractivity contribution in [1.29, 1.82) is 0 Å². The number of carboxylic acids is 1. The van der Waals surface area contributed by atoms with Gasteiger partial charge in [-0.05, 0) is 12.1 Å². The molecule has 1 aromatic heterocycles. The molecular formula is C10H5IO5. The van der Waals surface area contributed by atoms with E-state index in [9.17, 15) is 9.59 Å². The standard InChI is InChI=1S/C10H5IO5/c11-16-7-3-1-2-6-9(7)5(12)4-8(15-6)10(13)14/h1-4H,(H,13,14). The summed E-state index contributed by atoms with van der Waals surface area (Å²) in [6.45, 7) is 0. The number of carbonyl (C=O) groups is 1. The molecule has 0 spiro atoms. The molecule has 0 saturated carbocycles. The molecule has 16 heavy (non-hydrogen) atoms. The third-order valence-corrected chi connectivity index (χ3v) is 2.48. The quantitative estimate of drug-likeness (QED) is 0.854. The third kappa shape index (κ3) is 1.75. The Hall–Kier alpha value is -1.57. The van der Waals surface area contributed by atoms with Gasteiger partial charge in [-0.25, -0.2) is 4.79 Å². The van der Waals surface area contributed by atoms with Crippen molar-refractivity contribution < 1.29 is 17.4 Å². The van der Waals surface area contributed by atoms with Gasteiger partial charge in [-0.1, -0.05) is 6.07 Å². The Morgan fingerprint density at radius 3 is 2.81 bits per heavy atom. The van der Waals surface area contributed by atoms with E-state index in [4.69, 9.17) is 12.6 Å². The number of hydrogen-bond acceptors (Lipinski definition) is 4. The van der Waals surface area contributed by atoms with Crippen molar-refractivity contribution in [1.82, 2.24) is 0 Å². The fraction of sp³-hybridized carbons (Fsp3) is 0. The van der Waals surface area contributed by atoms with E-state index in [0.717, 1.165) is 6.07 Å². The number of benzene rings is 1. The smallest absolute Gasteiger partial charge is 0.371 e. The van der Waals surface area contributed by atoms with Crippen molar-refractivity contribution in [2.24, 2.45) is 0 Å². The van der Waals surface area contributed by atoms with Crippen LogP contribution < -0.4 is 8.50 Å². The maximum absolute atomic E-state index is 11.7. The second kappa shape index (κ2) is 4.12. The largest absolute Gasteiger partial charge is 0.475 e. The van der Waals surface area contributed by atoms with E-state index in [2.05, 4.69) is 0 Å². The highest BCUT2D eigenvalue weighted by Crippen LogP contribution is 2.24. The number of fused-ring (bicyclic) bond motifs is 1. The van der Waals surface area contributed by atoms with Gasteiger partial charge in [0, 0.05) is 6.07 Å². The average Bonchev–Trinajstić information content (AvgIpc) is 2.27. The predicted octanol–water partition coefficient (Wildman–Crippen LogP) is 2.22. The highest BCUT2D eigenvalue weighted by Gasteiger charge is 2.13. The van der Waals surface area contributed by atoms with Gasteiger partial charge in [0.1, 0.15) is 16.7 Å². The first-order valence-corrected chi connectivity index (χ1v) is 5.10. The van der Waals surface area contributed by atoms with Crippen LogP contribution in [0.25, 0.3) is 11.0 Å². The number of carboxylic acid groups (broad SMARTS) is 1. The van der Waals surface area contributed by atoms with Gasteiger partial charge in [0.15, 0.2) is 28.4 Å². The Labute approximate surface area is 103 Å². The maximum atomic E-state index is 11.7. The van der Waals surface area contributed by atoms with Crippen LogP contribution in [-0.2, 0) is 0 Å². The van der Waals surface area contributed by atoms with Crippen LogP contribution in [0.15, 0.2) is 33.5 Å². The minimum absolute atomic E-state index is 0.194. The molecule has 5 nitrogen and oxygen atoms in total. The lowest BCUT2D eigenvalue weighted by molar-refractivity contribution is 0.0663. The summed E-state index contributed by atoms with van der Waals surface area (Å²) >= 11 is 1.64. The Bertz CT molecular complexity index is 616. The van der Waals surface area contributed by atoms with Gasteiger partial charge < -0.3 is 12.6 Å². The molecule has 1 heterocycles. The van der Waals surface area contributed by atoms with Gasteiger partial charge >= 0.3 is 5.97 Å². The molecule has 0 aliphatic rings. The van der Waals surface area contributed by atoms with Gasteiger partial charge in [0.2, 0.25) is 5.76 Å². The van der Waals surface area contributed by atoms with Crippen LogP contribution in [0.4, 0.5) is 0 Å². The Morgan fingerprint density at radius 1 is 1.44 bits per heavy atom. The molecule has 2 rings (SSSR count). The topological polar surface area (TPSA) is 76.7 Å². The lowest BCUT2D eigenvalue weighted by Gasteiger charge is -2.02. The van der Waals surface area contributed by atoms with E-state index in [1.54, 1.807) is 35.1 Å². The first-order valence-electron chi connectivity index (χ1n) is 4.22. The van der Waals surface area contributed by atoms with Gasteiger partial charge in [-0.2, -0.15) is 0 Å². The number of rotatable bonds is 2. The Balaban J connectivity index is 2.86. The summed E-state index contributed by atoms with van der Waals surface area (Å²) in [6, 6.07) is 5.67. The van der Waals surface area contributed by atoms with Crippen LogP contribution in [0.3, 0.4) is 0 Å². The van der Waals surface area contributed by atoms with Crippen molar-refractivity contribution in [3.05, 3.63) is 40.2 Å². The second-order valence-corrected chi connectivity index (χ2v) is 3.43. The second-order valence-electron chi connectivity index (χ2n) is 2.99. The Kier molecular flexibility index (Phi) is 2.82. The summed E-state index contributed by atoms with van der Waals surface area (Å²) in [5.41, 5.74) is -0.245. The third-order valence-electron chi connectivity index (χ3n) is 2.01. The van der Waals surface area contributed by atoms with Crippen LogP contribution in [0.5, 0.6) is 5.75 Å². The number of hydrogen-bond donors (Lipinski definition) is 1. The SMILES string of the molecule is O=C(O)c1cc(=O)c2c(OI)cccc2o1. The van der Waals surface area contributed by atoms with Crippen molar-refractivity contribution in [2.75, 3.05) is 0 Å². The fourth-order valence-corrected chi connectivity index (χ4v) is 1.71.